The molecule has 0 N–H and O–H groups in total. The van der Waals surface area contributed by atoms with E-state index in [1.807, 2.05) is 18.2 Å². The van der Waals surface area contributed by atoms with Gasteiger partial charge in [-0.05, 0) is 53.9 Å². The molecule has 1 atom stereocenters. The van der Waals surface area contributed by atoms with Crippen molar-refractivity contribution in [3.8, 4) is 11.5 Å². The van der Waals surface area contributed by atoms with Crippen LogP contribution >= 0.6 is 11.3 Å². The highest BCUT2D eigenvalue weighted by Crippen LogP contribution is 2.34. The van der Waals surface area contributed by atoms with Crippen LogP contribution in [0, 0.1) is 0 Å². The van der Waals surface area contributed by atoms with E-state index in [-0.39, 0.29) is 0 Å². The van der Waals surface area contributed by atoms with Gasteiger partial charge in [0.15, 0.2) is 0 Å². The summed E-state index contributed by atoms with van der Waals surface area (Å²) in [6.45, 7) is 1.77. The van der Waals surface area contributed by atoms with Gasteiger partial charge in [-0.25, -0.2) is 0 Å². The highest BCUT2D eigenvalue weighted by Gasteiger charge is 2.27. The molecule has 0 aliphatic carbocycles. The second-order valence-electron chi connectivity index (χ2n) is 5.41. The van der Waals surface area contributed by atoms with E-state index < -0.39 is 0 Å². The second kappa shape index (κ2) is 5.98. The number of pyridine rings is 1. The lowest BCUT2D eigenvalue weighted by Crippen LogP contribution is -2.22. The quantitative estimate of drug-likeness (QED) is 0.737. The first-order valence-corrected chi connectivity index (χ1v) is 8.34. The highest BCUT2D eigenvalue weighted by molar-refractivity contribution is 7.07. The van der Waals surface area contributed by atoms with Crippen molar-refractivity contribution in [2.24, 2.45) is 0 Å². The Morgan fingerprint density at radius 3 is 3.14 bits per heavy atom. The zero-order valence-corrected chi connectivity index (χ0v) is 12.9. The number of nitrogens with zero attached hydrogens (tertiary/aromatic N) is 4. The zero-order chi connectivity index (χ0) is 14.8. The van der Waals surface area contributed by atoms with Gasteiger partial charge < -0.3 is 4.52 Å². The summed E-state index contributed by atoms with van der Waals surface area (Å²) < 4.78 is 5.41. The fourth-order valence-corrected chi connectivity index (χ4v) is 3.66. The van der Waals surface area contributed by atoms with Crippen LogP contribution in [0.15, 0.2) is 45.7 Å². The van der Waals surface area contributed by atoms with Gasteiger partial charge in [0, 0.05) is 12.2 Å². The molecular formula is C16H16N4OS. The van der Waals surface area contributed by atoms with Crippen molar-refractivity contribution in [2.75, 3.05) is 6.54 Å². The van der Waals surface area contributed by atoms with E-state index in [1.54, 1.807) is 17.5 Å². The smallest absolute Gasteiger partial charge is 0.241 e. The summed E-state index contributed by atoms with van der Waals surface area (Å²) in [5.74, 6) is 1.21. The van der Waals surface area contributed by atoms with E-state index in [9.17, 15) is 0 Å². The van der Waals surface area contributed by atoms with Crippen molar-refractivity contribution in [3.63, 3.8) is 0 Å². The number of hydrogen-bond donors (Lipinski definition) is 0. The molecule has 3 aromatic rings. The van der Waals surface area contributed by atoms with E-state index in [0.717, 1.165) is 12.2 Å². The van der Waals surface area contributed by atoms with Crippen LogP contribution in [0.5, 0.6) is 0 Å². The Labute approximate surface area is 132 Å². The summed E-state index contributed by atoms with van der Waals surface area (Å²) in [6.07, 6.45) is 4.14. The maximum absolute atomic E-state index is 5.41. The molecule has 1 saturated heterocycles. The predicted molar refractivity (Wildman–Crippen MR) is 84.2 cm³/mol. The lowest BCUT2D eigenvalue weighted by atomic mass is 10.1. The van der Waals surface area contributed by atoms with Crippen molar-refractivity contribution in [3.05, 3.63) is 52.7 Å². The van der Waals surface area contributed by atoms with Crippen LogP contribution in [0.3, 0.4) is 0 Å². The molecule has 0 unspecified atom stereocenters. The van der Waals surface area contributed by atoms with Crippen LogP contribution in [0.1, 0.15) is 30.3 Å². The molecule has 22 heavy (non-hydrogen) atoms. The minimum atomic E-state index is 0.469. The maximum Gasteiger partial charge on any atom is 0.241 e. The Morgan fingerprint density at radius 2 is 2.32 bits per heavy atom. The van der Waals surface area contributed by atoms with Crippen molar-refractivity contribution in [1.29, 1.82) is 0 Å². The van der Waals surface area contributed by atoms with Crippen LogP contribution in [0.25, 0.3) is 11.5 Å². The minimum Gasteiger partial charge on any atom is -0.337 e. The van der Waals surface area contributed by atoms with Crippen molar-refractivity contribution >= 4 is 11.3 Å². The van der Waals surface area contributed by atoms with Gasteiger partial charge in [-0.3, -0.25) is 9.88 Å². The van der Waals surface area contributed by atoms with E-state index in [0.29, 0.717) is 24.3 Å². The molecule has 1 aliphatic rings. The summed E-state index contributed by atoms with van der Waals surface area (Å²) in [5.41, 5.74) is 2.14. The molecule has 4 heterocycles. The Balaban J connectivity index is 1.51. The summed E-state index contributed by atoms with van der Waals surface area (Å²) in [5, 5.41) is 8.41. The first-order valence-electron chi connectivity index (χ1n) is 7.40. The number of hydrogen-bond acceptors (Lipinski definition) is 6. The van der Waals surface area contributed by atoms with Gasteiger partial charge >= 0.3 is 0 Å². The average Bonchev–Trinajstić information content (AvgIpc) is 3.30. The molecule has 0 bridgehead atoms. The van der Waals surface area contributed by atoms with Crippen molar-refractivity contribution in [1.82, 2.24) is 20.0 Å². The number of thiophene rings is 1. The number of rotatable bonds is 4. The second-order valence-corrected chi connectivity index (χ2v) is 6.19. The lowest BCUT2D eigenvalue weighted by molar-refractivity contribution is 0.213. The van der Waals surface area contributed by atoms with E-state index >= 15 is 0 Å². The van der Waals surface area contributed by atoms with E-state index in [2.05, 4.69) is 36.9 Å². The molecule has 0 radical (unpaired) electrons. The van der Waals surface area contributed by atoms with Crippen LogP contribution < -0.4 is 0 Å². The van der Waals surface area contributed by atoms with Gasteiger partial charge in [0.05, 0.1) is 6.54 Å². The number of aromatic nitrogens is 3. The zero-order valence-electron chi connectivity index (χ0n) is 12.1. The van der Waals surface area contributed by atoms with Gasteiger partial charge in [0.1, 0.15) is 5.69 Å². The predicted octanol–water partition coefficient (Wildman–Crippen LogP) is 3.53. The fourth-order valence-electron chi connectivity index (χ4n) is 2.95. The third kappa shape index (κ3) is 2.67. The van der Waals surface area contributed by atoms with Gasteiger partial charge in [-0.1, -0.05) is 11.2 Å². The highest BCUT2D eigenvalue weighted by atomic mass is 32.1. The maximum atomic E-state index is 5.41. The van der Waals surface area contributed by atoms with Gasteiger partial charge in [0.25, 0.3) is 0 Å². The molecule has 0 spiro atoms. The lowest BCUT2D eigenvalue weighted by Gasteiger charge is -2.21. The third-order valence-corrected chi connectivity index (χ3v) is 4.69. The van der Waals surface area contributed by atoms with Gasteiger partial charge in [-0.2, -0.15) is 16.3 Å². The SMILES string of the molecule is c1ccc(-c2noc(CN3CCC[C@H]3c3ccsc3)n2)nc1. The number of likely N-dealkylation sites (tertiary alicyclic amines) is 1. The largest absolute Gasteiger partial charge is 0.337 e. The standard InChI is InChI=1S/C16H16N4OS/c1-2-7-17-13(4-1)16-18-15(21-19-16)10-20-8-3-5-14(20)12-6-9-22-11-12/h1-2,4,6-7,9,11,14H,3,5,8,10H2/t14-/m0/s1. The van der Waals surface area contributed by atoms with Crippen LogP contribution in [-0.2, 0) is 6.54 Å². The summed E-state index contributed by atoms with van der Waals surface area (Å²) in [4.78, 5) is 11.1. The normalized spacial score (nSPS) is 18.8. The van der Waals surface area contributed by atoms with Crippen molar-refractivity contribution < 1.29 is 4.52 Å². The molecule has 1 aliphatic heterocycles. The molecule has 3 aromatic heterocycles. The van der Waals surface area contributed by atoms with Crippen molar-refractivity contribution in [2.45, 2.75) is 25.4 Å². The Morgan fingerprint density at radius 1 is 1.32 bits per heavy atom. The molecule has 1 fully saturated rings. The average molecular weight is 312 g/mol. The first kappa shape index (κ1) is 13.6. The summed E-state index contributed by atoms with van der Waals surface area (Å²) in [6, 6.07) is 8.36. The summed E-state index contributed by atoms with van der Waals surface area (Å²) >= 11 is 1.75. The third-order valence-electron chi connectivity index (χ3n) is 3.99. The first-order chi connectivity index (χ1) is 10.9. The Hall–Kier alpha value is -2.05. The van der Waals surface area contributed by atoms with Crippen LogP contribution in [0.4, 0.5) is 0 Å². The molecule has 112 valence electrons. The summed E-state index contributed by atoms with van der Waals surface area (Å²) in [7, 11) is 0. The monoisotopic (exact) mass is 312 g/mol. The topological polar surface area (TPSA) is 55.1 Å². The Bertz CT molecular complexity index is 726. The molecule has 0 amide bonds. The molecular weight excluding hydrogens is 296 g/mol. The molecule has 6 heteroatoms. The minimum absolute atomic E-state index is 0.469. The van der Waals surface area contributed by atoms with E-state index in [1.165, 1.54) is 18.4 Å². The van der Waals surface area contributed by atoms with Gasteiger partial charge in [-0.15, -0.1) is 0 Å². The fraction of sp³-hybridized carbons (Fsp3) is 0.312. The molecule has 5 nitrogen and oxygen atoms in total. The molecule has 4 rings (SSSR count). The Kier molecular flexibility index (Phi) is 3.70. The van der Waals surface area contributed by atoms with Gasteiger partial charge in [0.2, 0.25) is 11.7 Å². The van der Waals surface area contributed by atoms with Crippen LogP contribution in [0.2, 0.25) is 0 Å². The molecule has 0 saturated carbocycles. The molecule has 0 aromatic carbocycles. The van der Waals surface area contributed by atoms with Crippen LogP contribution in [-0.4, -0.2) is 26.6 Å². The van der Waals surface area contributed by atoms with E-state index in [4.69, 9.17) is 4.52 Å².